The maximum atomic E-state index is 5.38. The Kier molecular flexibility index (Phi) is 3.64. The van der Waals surface area contributed by atoms with E-state index >= 15 is 0 Å². The fourth-order valence-corrected chi connectivity index (χ4v) is 2.68. The second-order valence-corrected chi connectivity index (χ2v) is 5.60. The van der Waals surface area contributed by atoms with Crippen molar-refractivity contribution >= 4 is 0 Å². The lowest BCUT2D eigenvalue weighted by molar-refractivity contribution is 0.190. The Labute approximate surface area is 133 Å². The highest BCUT2D eigenvalue weighted by atomic mass is 16.5. The normalized spacial score (nSPS) is 19.1. The molecule has 0 aliphatic carbocycles. The quantitative estimate of drug-likeness (QED) is 0.792. The van der Waals surface area contributed by atoms with E-state index in [0.717, 1.165) is 25.2 Å². The van der Waals surface area contributed by atoms with Gasteiger partial charge in [-0.1, -0.05) is 40.6 Å². The molecule has 2 aromatic heterocycles. The fourth-order valence-electron chi connectivity index (χ4n) is 2.68. The standard InChI is InChI=1S/C16H17N5O2/c1-21-8-7-17-10-13(21)15-18-16(23-20-15)12-9-14(22-19-12)11-5-3-2-4-6-11/h2-6,9,13,17H,7-8,10H2,1H3. The molecule has 0 amide bonds. The van der Waals surface area contributed by atoms with Gasteiger partial charge in [0.25, 0.3) is 5.89 Å². The summed E-state index contributed by atoms with van der Waals surface area (Å²) in [5, 5.41) is 11.5. The van der Waals surface area contributed by atoms with Crippen LogP contribution in [0.4, 0.5) is 0 Å². The van der Waals surface area contributed by atoms with Crippen LogP contribution in [-0.4, -0.2) is 46.9 Å². The van der Waals surface area contributed by atoms with Gasteiger partial charge in [-0.15, -0.1) is 0 Å². The van der Waals surface area contributed by atoms with Crippen LogP contribution in [0.5, 0.6) is 0 Å². The van der Waals surface area contributed by atoms with Crippen LogP contribution in [0.15, 0.2) is 45.4 Å². The molecule has 1 saturated heterocycles. The van der Waals surface area contributed by atoms with Crippen molar-refractivity contribution in [2.45, 2.75) is 6.04 Å². The maximum absolute atomic E-state index is 5.38. The van der Waals surface area contributed by atoms with Crippen molar-refractivity contribution in [1.82, 2.24) is 25.5 Å². The molecule has 1 atom stereocenters. The zero-order valence-corrected chi connectivity index (χ0v) is 12.8. The minimum Gasteiger partial charge on any atom is -0.355 e. The number of nitrogens with one attached hydrogen (secondary N) is 1. The molecule has 1 aliphatic rings. The number of hydrogen-bond donors (Lipinski definition) is 1. The molecule has 1 N–H and O–H groups in total. The number of aromatic nitrogens is 3. The monoisotopic (exact) mass is 311 g/mol. The van der Waals surface area contributed by atoms with Crippen LogP contribution < -0.4 is 5.32 Å². The maximum Gasteiger partial charge on any atom is 0.280 e. The van der Waals surface area contributed by atoms with Crippen molar-refractivity contribution in [2.75, 3.05) is 26.7 Å². The van der Waals surface area contributed by atoms with Crippen LogP contribution in [0.25, 0.3) is 22.9 Å². The van der Waals surface area contributed by atoms with E-state index in [9.17, 15) is 0 Å². The predicted molar refractivity (Wildman–Crippen MR) is 83.5 cm³/mol. The molecule has 118 valence electrons. The number of piperazine rings is 1. The summed E-state index contributed by atoms with van der Waals surface area (Å²) in [5.74, 6) is 1.72. The summed E-state index contributed by atoms with van der Waals surface area (Å²) in [6, 6.07) is 11.7. The molecule has 1 aromatic carbocycles. The summed E-state index contributed by atoms with van der Waals surface area (Å²) >= 11 is 0. The third-order valence-corrected chi connectivity index (χ3v) is 4.04. The van der Waals surface area contributed by atoms with E-state index in [1.54, 1.807) is 0 Å². The van der Waals surface area contributed by atoms with Gasteiger partial charge in [0, 0.05) is 31.3 Å². The first-order valence-electron chi connectivity index (χ1n) is 7.58. The summed E-state index contributed by atoms with van der Waals surface area (Å²) in [4.78, 5) is 6.69. The van der Waals surface area contributed by atoms with E-state index in [-0.39, 0.29) is 6.04 Å². The van der Waals surface area contributed by atoms with Crippen LogP contribution in [0.3, 0.4) is 0 Å². The van der Waals surface area contributed by atoms with Gasteiger partial charge >= 0.3 is 0 Å². The van der Waals surface area contributed by atoms with Crippen molar-refractivity contribution < 1.29 is 9.05 Å². The average molecular weight is 311 g/mol. The Morgan fingerprint density at radius 2 is 2.04 bits per heavy atom. The van der Waals surface area contributed by atoms with Gasteiger partial charge in [-0.05, 0) is 7.05 Å². The fraction of sp³-hybridized carbons (Fsp3) is 0.312. The molecule has 1 fully saturated rings. The largest absolute Gasteiger partial charge is 0.355 e. The van der Waals surface area contributed by atoms with Gasteiger partial charge in [0.05, 0.1) is 6.04 Å². The van der Waals surface area contributed by atoms with Gasteiger partial charge in [0.2, 0.25) is 0 Å². The summed E-state index contributed by atoms with van der Waals surface area (Å²) in [5.41, 5.74) is 1.51. The van der Waals surface area contributed by atoms with E-state index < -0.39 is 0 Å². The summed E-state index contributed by atoms with van der Waals surface area (Å²) in [6.45, 7) is 2.74. The van der Waals surface area contributed by atoms with Crippen molar-refractivity contribution in [1.29, 1.82) is 0 Å². The molecule has 1 aliphatic heterocycles. The highest BCUT2D eigenvalue weighted by Crippen LogP contribution is 2.26. The van der Waals surface area contributed by atoms with Gasteiger partial charge in [-0.3, -0.25) is 4.90 Å². The minimum atomic E-state index is 0.113. The molecule has 0 bridgehead atoms. The number of rotatable bonds is 3. The molecule has 3 heterocycles. The summed E-state index contributed by atoms with van der Waals surface area (Å²) < 4.78 is 10.7. The molecule has 4 rings (SSSR count). The number of benzene rings is 1. The molecular weight excluding hydrogens is 294 g/mol. The number of likely N-dealkylation sites (N-methyl/N-ethyl adjacent to an activating group) is 1. The van der Waals surface area contributed by atoms with Gasteiger partial charge in [0.15, 0.2) is 17.3 Å². The van der Waals surface area contributed by atoms with Crippen LogP contribution in [0.1, 0.15) is 11.9 Å². The second kappa shape index (κ2) is 5.94. The first-order valence-corrected chi connectivity index (χ1v) is 7.58. The molecular formula is C16H17N5O2. The molecule has 0 spiro atoms. The van der Waals surface area contributed by atoms with Crippen LogP contribution in [0.2, 0.25) is 0 Å². The van der Waals surface area contributed by atoms with E-state index in [4.69, 9.17) is 9.05 Å². The Hall–Kier alpha value is -2.51. The van der Waals surface area contributed by atoms with Crippen LogP contribution in [0, 0.1) is 0 Å². The number of hydrogen-bond acceptors (Lipinski definition) is 7. The highest BCUT2D eigenvalue weighted by Gasteiger charge is 2.26. The lowest BCUT2D eigenvalue weighted by Crippen LogP contribution is -2.44. The van der Waals surface area contributed by atoms with E-state index in [2.05, 4.69) is 32.6 Å². The molecule has 0 radical (unpaired) electrons. The molecule has 23 heavy (non-hydrogen) atoms. The SMILES string of the molecule is CN1CCNCC1c1noc(-c2cc(-c3ccccc3)on2)n1. The van der Waals surface area contributed by atoms with Gasteiger partial charge in [-0.2, -0.15) is 4.98 Å². The molecule has 7 heteroatoms. The van der Waals surface area contributed by atoms with Gasteiger partial charge < -0.3 is 14.4 Å². The Morgan fingerprint density at radius 3 is 2.87 bits per heavy atom. The van der Waals surface area contributed by atoms with Crippen LogP contribution >= 0.6 is 0 Å². The smallest absolute Gasteiger partial charge is 0.280 e. The predicted octanol–water partition coefficient (Wildman–Crippen LogP) is 1.97. The summed E-state index contributed by atoms with van der Waals surface area (Å²) in [7, 11) is 2.06. The Balaban J connectivity index is 1.59. The third-order valence-electron chi connectivity index (χ3n) is 4.04. The average Bonchev–Trinajstić information content (AvgIpc) is 3.25. The van der Waals surface area contributed by atoms with E-state index in [1.807, 2.05) is 36.4 Å². The molecule has 0 saturated carbocycles. The number of nitrogens with zero attached hydrogens (tertiary/aromatic N) is 4. The Bertz CT molecular complexity index is 783. The topological polar surface area (TPSA) is 80.2 Å². The summed E-state index contributed by atoms with van der Waals surface area (Å²) in [6.07, 6.45) is 0. The molecule has 1 unspecified atom stereocenters. The van der Waals surface area contributed by atoms with Crippen molar-refractivity contribution in [3.8, 4) is 22.9 Å². The minimum absolute atomic E-state index is 0.113. The van der Waals surface area contributed by atoms with Crippen molar-refractivity contribution in [2.24, 2.45) is 0 Å². The van der Waals surface area contributed by atoms with Crippen LogP contribution in [-0.2, 0) is 0 Å². The van der Waals surface area contributed by atoms with Crippen molar-refractivity contribution in [3.63, 3.8) is 0 Å². The first-order chi connectivity index (χ1) is 11.3. The zero-order valence-electron chi connectivity index (χ0n) is 12.8. The zero-order chi connectivity index (χ0) is 15.6. The van der Waals surface area contributed by atoms with Crippen molar-refractivity contribution in [3.05, 3.63) is 42.2 Å². The lowest BCUT2D eigenvalue weighted by atomic mass is 10.1. The first kappa shape index (κ1) is 14.1. The van der Waals surface area contributed by atoms with E-state index in [0.29, 0.717) is 23.2 Å². The lowest BCUT2D eigenvalue weighted by Gasteiger charge is -2.30. The van der Waals surface area contributed by atoms with Gasteiger partial charge in [-0.25, -0.2) is 0 Å². The van der Waals surface area contributed by atoms with E-state index in [1.165, 1.54) is 0 Å². The highest BCUT2D eigenvalue weighted by molar-refractivity contribution is 5.62. The van der Waals surface area contributed by atoms with Gasteiger partial charge in [0.1, 0.15) is 0 Å². The third kappa shape index (κ3) is 2.76. The Morgan fingerprint density at radius 1 is 1.17 bits per heavy atom. The molecule has 3 aromatic rings. The molecule has 7 nitrogen and oxygen atoms in total. The second-order valence-electron chi connectivity index (χ2n) is 5.60.